The highest BCUT2D eigenvalue weighted by atomic mass is 79.9. The van der Waals surface area contributed by atoms with Crippen LogP contribution in [0.15, 0.2) is 30.3 Å². The molecule has 1 aromatic rings. The molecular formula is C14H17BrO4. The van der Waals surface area contributed by atoms with E-state index >= 15 is 0 Å². The van der Waals surface area contributed by atoms with Crippen LogP contribution in [-0.4, -0.2) is 36.9 Å². The Hall–Kier alpha value is -0.910. The third-order valence-electron chi connectivity index (χ3n) is 3.11. The van der Waals surface area contributed by atoms with Crippen LogP contribution in [0, 0.1) is 0 Å². The Morgan fingerprint density at radius 1 is 1.37 bits per heavy atom. The van der Waals surface area contributed by atoms with E-state index in [0.717, 1.165) is 12.8 Å². The van der Waals surface area contributed by atoms with Crippen molar-refractivity contribution >= 4 is 21.9 Å². The minimum Gasteiger partial charge on any atom is -0.456 e. The minimum absolute atomic E-state index is 0.175. The van der Waals surface area contributed by atoms with Crippen molar-refractivity contribution in [3.05, 3.63) is 35.9 Å². The average molecular weight is 329 g/mol. The van der Waals surface area contributed by atoms with Gasteiger partial charge in [-0.3, -0.25) is 0 Å². The van der Waals surface area contributed by atoms with Crippen LogP contribution in [0.25, 0.3) is 0 Å². The Kier molecular flexibility index (Phi) is 5.36. The molecule has 4 nitrogen and oxygen atoms in total. The number of hydrogen-bond donors (Lipinski definition) is 0. The van der Waals surface area contributed by atoms with E-state index in [9.17, 15) is 4.79 Å². The van der Waals surface area contributed by atoms with Gasteiger partial charge in [0.25, 0.3) is 0 Å². The molecule has 0 spiro atoms. The van der Waals surface area contributed by atoms with Crippen molar-refractivity contribution in [2.45, 2.75) is 31.3 Å². The minimum atomic E-state index is -0.309. The number of hydrogen-bond acceptors (Lipinski definition) is 4. The summed E-state index contributed by atoms with van der Waals surface area (Å²) in [5, 5.41) is 0.611. The lowest BCUT2D eigenvalue weighted by Gasteiger charge is -2.34. The van der Waals surface area contributed by atoms with Gasteiger partial charge in [-0.15, -0.1) is 0 Å². The van der Waals surface area contributed by atoms with Crippen LogP contribution in [0.2, 0.25) is 0 Å². The normalized spacial score (nSPS) is 26.9. The summed E-state index contributed by atoms with van der Waals surface area (Å²) < 4.78 is 16.4. The van der Waals surface area contributed by atoms with Crippen LogP contribution in [0.1, 0.15) is 23.2 Å². The highest BCUT2D eigenvalue weighted by Crippen LogP contribution is 2.24. The molecule has 0 aliphatic carbocycles. The maximum atomic E-state index is 12.0. The highest BCUT2D eigenvalue weighted by Gasteiger charge is 2.33. The molecule has 1 aliphatic rings. The number of methoxy groups -OCH3 is 1. The molecule has 0 radical (unpaired) electrons. The fourth-order valence-electron chi connectivity index (χ4n) is 2.06. The molecule has 1 aliphatic heterocycles. The van der Waals surface area contributed by atoms with E-state index in [1.807, 2.05) is 18.2 Å². The van der Waals surface area contributed by atoms with Crippen LogP contribution in [0.5, 0.6) is 0 Å². The van der Waals surface area contributed by atoms with Gasteiger partial charge in [0.1, 0.15) is 12.2 Å². The molecular weight excluding hydrogens is 312 g/mol. The van der Waals surface area contributed by atoms with E-state index < -0.39 is 0 Å². The first-order chi connectivity index (χ1) is 9.24. The fourth-order valence-corrected chi connectivity index (χ4v) is 2.63. The SMILES string of the molecule is CO[C@@H]1CC[C@H](OC(=O)c2ccccc2)[C@@H](CBr)O1. The number of benzene rings is 1. The lowest BCUT2D eigenvalue weighted by molar-refractivity contribution is -0.204. The van der Waals surface area contributed by atoms with Crippen molar-refractivity contribution in [2.24, 2.45) is 0 Å². The standard InChI is InChI=1S/C14H17BrO4/c1-17-13-8-7-11(12(9-15)18-13)19-14(16)10-5-3-2-4-6-10/h2-6,11-13H,7-9H2,1H3/t11-,12+,13-/m0/s1. The van der Waals surface area contributed by atoms with Crippen molar-refractivity contribution in [1.29, 1.82) is 0 Å². The predicted molar refractivity (Wildman–Crippen MR) is 74.3 cm³/mol. The Balaban J connectivity index is 1.96. The zero-order valence-corrected chi connectivity index (χ0v) is 12.3. The molecule has 0 aromatic heterocycles. The zero-order valence-electron chi connectivity index (χ0n) is 10.8. The van der Waals surface area contributed by atoms with Gasteiger partial charge in [-0.25, -0.2) is 4.79 Å². The van der Waals surface area contributed by atoms with E-state index in [0.29, 0.717) is 10.9 Å². The summed E-state index contributed by atoms with van der Waals surface area (Å²) in [7, 11) is 1.62. The van der Waals surface area contributed by atoms with Crippen LogP contribution in [-0.2, 0) is 14.2 Å². The van der Waals surface area contributed by atoms with E-state index in [2.05, 4.69) is 15.9 Å². The first-order valence-electron chi connectivity index (χ1n) is 6.25. The molecule has 0 amide bonds. The van der Waals surface area contributed by atoms with Crippen molar-refractivity contribution in [2.75, 3.05) is 12.4 Å². The Morgan fingerprint density at radius 2 is 2.11 bits per heavy atom. The second kappa shape index (κ2) is 7.03. The van der Waals surface area contributed by atoms with E-state index in [1.54, 1.807) is 19.2 Å². The summed E-state index contributed by atoms with van der Waals surface area (Å²) in [6, 6.07) is 8.99. The smallest absolute Gasteiger partial charge is 0.338 e. The van der Waals surface area contributed by atoms with Gasteiger partial charge in [-0.1, -0.05) is 34.1 Å². The molecule has 1 heterocycles. The third kappa shape index (κ3) is 3.78. The molecule has 3 atom stereocenters. The zero-order chi connectivity index (χ0) is 13.7. The van der Waals surface area contributed by atoms with Gasteiger partial charge in [-0.2, -0.15) is 0 Å². The number of halogens is 1. The number of carbonyl (C=O) groups is 1. The van der Waals surface area contributed by atoms with Crippen molar-refractivity contribution in [3.8, 4) is 0 Å². The fraction of sp³-hybridized carbons (Fsp3) is 0.500. The molecule has 0 bridgehead atoms. The van der Waals surface area contributed by atoms with Crippen LogP contribution < -0.4 is 0 Å². The van der Waals surface area contributed by atoms with Crippen molar-refractivity contribution in [1.82, 2.24) is 0 Å². The van der Waals surface area contributed by atoms with Gasteiger partial charge < -0.3 is 14.2 Å². The summed E-state index contributed by atoms with van der Waals surface area (Å²) >= 11 is 3.38. The Morgan fingerprint density at radius 3 is 2.74 bits per heavy atom. The summed E-state index contributed by atoms with van der Waals surface area (Å²) in [6.07, 6.45) is 0.846. The van der Waals surface area contributed by atoms with Gasteiger partial charge in [-0.05, 0) is 18.6 Å². The van der Waals surface area contributed by atoms with Gasteiger partial charge in [0.05, 0.1) is 5.56 Å². The molecule has 0 unspecified atom stereocenters. The van der Waals surface area contributed by atoms with Crippen LogP contribution in [0.3, 0.4) is 0 Å². The molecule has 0 N–H and O–H groups in total. The first kappa shape index (κ1) is 14.5. The van der Waals surface area contributed by atoms with Crippen molar-refractivity contribution in [3.63, 3.8) is 0 Å². The number of esters is 1. The van der Waals surface area contributed by atoms with E-state index in [4.69, 9.17) is 14.2 Å². The van der Waals surface area contributed by atoms with Gasteiger partial charge in [0, 0.05) is 18.9 Å². The molecule has 19 heavy (non-hydrogen) atoms. The number of rotatable bonds is 4. The predicted octanol–water partition coefficient (Wildman–Crippen LogP) is 2.76. The molecule has 1 aromatic carbocycles. The number of ether oxygens (including phenoxy) is 3. The van der Waals surface area contributed by atoms with Crippen LogP contribution in [0.4, 0.5) is 0 Å². The molecule has 104 valence electrons. The number of carbonyl (C=O) groups excluding carboxylic acids is 1. The molecule has 1 saturated heterocycles. The lowest BCUT2D eigenvalue weighted by Crippen LogP contribution is -2.43. The average Bonchev–Trinajstić information content (AvgIpc) is 2.48. The van der Waals surface area contributed by atoms with E-state index in [1.165, 1.54) is 0 Å². The third-order valence-corrected chi connectivity index (χ3v) is 3.75. The second-order valence-electron chi connectivity index (χ2n) is 4.38. The molecule has 0 saturated carbocycles. The quantitative estimate of drug-likeness (QED) is 0.629. The maximum absolute atomic E-state index is 12.0. The monoisotopic (exact) mass is 328 g/mol. The molecule has 5 heteroatoms. The summed E-state index contributed by atoms with van der Waals surface area (Å²) in [4.78, 5) is 12.0. The van der Waals surface area contributed by atoms with Crippen molar-refractivity contribution < 1.29 is 19.0 Å². The summed E-state index contributed by atoms with van der Waals surface area (Å²) in [6.45, 7) is 0. The van der Waals surface area contributed by atoms with Crippen LogP contribution >= 0.6 is 15.9 Å². The van der Waals surface area contributed by atoms with E-state index in [-0.39, 0.29) is 24.5 Å². The topological polar surface area (TPSA) is 44.8 Å². The van der Waals surface area contributed by atoms with Gasteiger partial charge in [0.2, 0.25) is 0 Å². The highest BCUT2D eigenvalue weighted by molar-refractivity contribution is 9.09. The summed E-state index contributed by atoms with van der Waals surface area (Å²) in [5.74, 6) is -0.309. The molecule has 1 fully saturated rings. The Bertz CT molecular complexity index is 409. The Labute approximate surface area is 121 Å². The maximum Gasteiger partial charge on any atom is 0.338 e. The largest absolute Gasteiger partial charge is 0.456 e. The molecule has 2 rings (SSSR count). The summed E-state index contributed by atoms with van der Waals surface area (Å²) in [5.41, 5.74) is 0.560. The first-order valence-corrected chi connectivity index (χ1v) is 7.37. The number of alkyl halides is 1. The van der Waals surface area contributed by atoms with Gasteiger partial charge >= 0.3 is 5.97 Å². The lowest BCUT2D eigenvalue weighted by atomic mass is 10.1. The van der Waals surface area contributed by atoms with Gasteiger partial charge in [0.15, 0.2) is 6.29 Å². The second-order valence-corrected chi connectivity index (χ2v) is 5.03.